The normalized spacial score (nSPS) is 11.7. The highest BCUT2D eigenvalue weighted by Crippen LogP contribution is 2.33. The fraction of sp³-hybridized carbons (Fsp3) is 0.231. The summed E-state index contributed by atoms with van der Waals surface area (Å²) in [6.07, 6.45) is -3.28. The van der Waals surface area contributed by atoms with Crippen LogP contribution in [0.25, 0.3) is 0 Å². The smallest absolute Gasteiger partial charge is 0.399 e. The van der Waals surface area contributed by atoms with Crippen LogP contribution in [-0.2, 0) is 12.7 Å². The van der Waals surface area contributed by atoms with E-state index in [0.717, 1.165) is 10.6 Å². The Labute approximate surface area is 131 Å². The molecule has 0 aliphatic carbocycles. The first kappa shape index (κ1) is 15.8. The monoisotopic (exact) mass is 409 g/mol. The van der Waals surface area contributed by atoms with Crippen molar-refractivity contribution in [3.05, 3.63) is 55.3 Å². The quantitative estimate of drug-likeness (QED) is 0.613. The number of halogens is 4. The molecule has 0 fully saturated rings. The maximum absolute atomic E-state index is 13.0. The third kappa shape index (κ3) is 3.36. The summed E-state index contributed by atoms with van der Waals surface area (Å²) in [5, 5.41) is 0. The van der Waals surface area contributed by atoms with E-state index in [2.05, 4.69) is 4.98 Å². The summed E-state index contributed by atoms with van der Waals surface area (Å²) < 4.78 is 40.6. The van der Waals surface area contributed by atoms with E-state index in [-0.39, 0.29) is 23.4 Å². The number of hydrogen-bond donors (Lipinski definition) is 1. The van der Waals surface area contributed by atoms with E-state index in [4.69, 9.17) is 5.73 Å². The van der Waals surface area contributed by atoms with Gasteiger partial charge in [0.2, 0.25) is 0 Å². The molecule has 0 spiro atoms. The third-order valence-corrected chi connectivity index (χ3v) is 4.18. The number of aryl methyl sites for hydroxylation is 1. The largest absolute Gasteiger partial charge is 0.416 e. The van der Waals surface area contributed by atoms with Crippen molar-refractivity contribution in [1.82, 2.24) is 9.55 Å². The molecule has 2 N–H and O–H groups in total. The molecule has 0 saturated heterocycles. The lowest BCUT2D eigenvalue weighted by Gasteiger charge is -2.15. The Morgan fingerprint density at radius 3 is 2.67 bits per heavy atom. The lowest BCUT2D eigenvalue weighted by atomic mass is 10.1. The molecule has 0 bridgehead atoms. The van der Waals surface area contributed by atoms with Crippen molar-refractivity contribution in [2.45, 2.75) is 19.6 Å². The van der Waals surface area contributed by atoms with E-state index >= 15 is 0 Å². The Morgan fingerprint density at radius 1 is 1.38 bits per heavy atom. The number of rotatable bonds is 2. The third-order valence-electron chi connectivity index (χ3n) is 2.94. The second-order valence-electron chi connectivity index (χ2n) is 4.49. The summed E-state index contributed by atoms with van der Waals surface area (Å²) in [6.45, 7) is 1.45. The van der Waals surface area contributed by atoms with Crippen molar-refractivity contribution >= 4 is 28.3 Å². The Bertz CT molecular complexity index is 740. The van der Waals surface area contributed by atoms with Crippen LogP contribution in [0.5, 0.6) is 0 Å². The number of benzene rings is 1. The summed E-state index contributed by atoms with van der Waals surface area (Å²) in [7, 11) is 0. The minimum Gasteiger partial charge on any atom is -0.399 e. The van der Waals surface area contributed by atoms with Crippen LogP contribution in [0.3, 0.4) is 0 Å². The van der Waals surface area contributed by atoms with Gasteiger partial charge in [-0.05, 0) is 47.2 Å². The molecule has 4 nitrogen and oxygen atoms in total. The molecular formula is C13H11F3IN3O. The molecule has 0 radical (unpaired) electrons. The second kappa shape index (κ2) is 5.66. The van der Waals surface area contributed by atoms with Gasteiger partial charge in [0.05, 0.1) is 27.7 Å². The summed E-state index contributed by atoms with van der Waals surface area (Å²) in [5.41, 5.74) is 4.74. The fourth-order valence-electron chi connectivity index (χ4n) is 1.84. The average molecular weight is 409 g/mol. The van der Waals surface area contributed by atoms with Crippen molar-refractivity contribution in [2.75, 3.05) is 5.73 Å². The lowest BCUT2D eigenvalue weighted by molar-refractivity contribution is -0.138. The fourth-order valence-corrected chi connectivity index (χ4v) is 2.29. The highest BCUT2D eigenvalue weighted by atomic mass is 127. The zero-order valence-electron chi connectivity index (χ0n) is 10.9. The molecule has 1 aromatic carbocycles. The highest BCUT2D eigenvalue weighted by molar-refractivity contribution is 14.1. The van der Waals surface area contributed by atoms with E-state index in [1.54, 1.807) is 6.92 Å². The predicted molar refractivity (Wildman–Crippen MR) is 80.9 cm³/mol. The Balaban J connectivity index is 2.50. The summed E-state index contributed by atoms with van der Waals surface area (Å²) in [5.74, 6) is 0. The number of hydrogen-bond acceptors (Lipinski definition) is 3. The number of nitrogens with two attached hydrogens (primary N) is 1. The standard InChI is InChI=1S/C13H11F3IN3O/c1-7-11(17)12(21)20(6-19-7)5-8-2-3-9(18)4-10(8)13(14,15)16/h2-4,6H,5,18H2,1H3. The van der Waals surface area contributed by atoms with Gasteiger partial charge >= 0.3 is 6.18 Å². The van der Waals surface area contributed by atoms with Gasteiger partial charge in [-0.2, -0.15) is 13.2 Å². The van der Waals surface area contributed by atoms with Gasteiger partial charge in [0, 0.05) is 5.69 Å². The van der Waals surface area contributed by atoms with Crippen LogP contribution in [0, 0.1) is 10.5 Å². The number of aromatic nitrogens is 2. The molecule has 0 atom stereocenters. The van der Waals surface area contributed by atoms with Gasteiger partial charge in [-0.3, -0.25) is 9.36 Å². The lowest BCUT2D eigenvalue weighted by Crippen LogP contribution is -2.25. The maximum Gasteiger partial charge on any atom is 0.416 e. The molecule has 0 amide bonds. The summed E-state index contributed by atoms with van der Waals surface area (Å²) in [4.78, 5) is 16.0. The summed E-state index contributed by atoms with van der Waals surface area (Å²) in [6, 6.07) is 3.52. The second-order valence-corrected chi connectivity index (χ2v) is 5.57. The van der Waals surface area contributed by atoms with Gasteiger partial charge < -0.3 is 5.73 Å². The minimum absolute atomic E-state index is 0.0232. The SMILES string of the molecule is Cc1ncn(Cc2ccc(N)cc2C(F)(F)F)c(=O)c1I. The van der Waals surface area contributed by atoms with Crippen molar-refractivity contribution in [3.8, 4) is 0 Å². The predicted octanol–water partition coefficient (Wildman–Crippen LogP) is 2.81. The van der Waals surface area contributed by atoms with Crippen LogP contribution < -0.4 is 11.3 Å². The first-order valence-corrected chi connectivity index (χ1v) is 6.95. The molecule has 0 saturated carbocycles. The van der Waals surface area contributed by atoms with Gasteiger partial charge in [0.25, 0.3) is 5.56 Å². The first-order valence-electron chi connectivity index (χ1n) is 5.87. The van der Waals surface area contributed by atoms with E-state index in [1.165, 1.54) is 18.5 Å². The van der Waals surface area contributed by atoms with Gasteiger partial charge in [-0.15, -0.1) is 0 Å². The molecule has 0 aliphatic rings. The Morgan fingerprint density at radius 2 is 2.05 bits per heavy atom. The Hall–Kier alpha value is -1.58. The van der Waals surface area contributed by atoms with E-state index < -0.39 is 11.7 Å². The number of anilines is 1. The Kier molecular flexibility index (Phi) is 4.26. The molecule has 1 aromatic heterocycles. The van der Waals surface area contributed by atoms with Crippen molar-refractivity contribution in [2.24, 2.45) is 0 Å². The van der Waals surface area contributed by atoms with Crippen LogP contribution >= 0.6 is 22.6 Å². The molecule has 1 heterocycles. The molecule has 0 unspecified atom stereocenters. The molecule has 0 aliphatic heterocycles. The number of nitrogens with zero attached hydrogens (tertiary/aromatic N) is 2. The number of nitrogen functional groups attached to an aromatic ring is 1. The molecule has 112 valence electrons. The summed E-state index contributed by atoms with van der Waals surface area (Å²) >= 11 is 1.83. The van der Waals surface area contributed by atoms with Gasteiger partial charge in [0.1, 0.15) is 0 Å². The van der Waals surface area contributed by atoms with Gasteiger partial charge in [-0.1, -0.05) is 6.07 Å². The van der Waals surface area contributed by atoms with Gasteiger partial charge in [-0.25, -0.2) is 4.98 Å². The van der Waals surface area contributed by atoms with Crippen molar-refractivity contribution in [3.63, 3.8) is 0 Å². The van der Waals surface area contributed by atoms with Crippen LogP contribution in [0.15, 0.2) is 29.3 Å². The van der Waals surface area contributed by atoms with Gasteiger partial charge in [0.15, 0.2) is 0 Å². The van der Waals surface area contributed by atoms with E-state index in [9.17, 15) is 18.0 Å². The molecule has 21 heavy (non-hydrogen) atoms. The van der Waals surface area contributed by atoms with Crippen LogP contribution in [-0.4, -0.2) is 9.55 Å². The van der Waals surface area contributed by atoms with Crippen molar-refractivity contribution < 1.29 is 13.2 Å². The van der Waals surface area contributed by atoms with Crippen molar-refractivity contribution in [1.29, 1.82) is 0 Å². The van der Waals surface area contributed by atoms with E-state index in [0.29, 0.717) is 9.26 Å². The first-order chi connectivity index (χ1) is 9.70. The zero-order valence-corrected chi connectivity index (χ0v) is 13.1. The van der Waals surface area contributed by atoms with Crippen LogP contribution in [0.4, 0.5) is 18.9 Å². The topological polar surface area (TPSA) is 60.9 Å². The molecule has 8 heteroatoms. The van der Waals surface area contributed by atoms with Crippen LogP contribution in [0.2, 0.25) is 0 Å². The van der Waals surface area contributed by atoms with E-state index in [1.807, 2.05) is 22.6 Å². The zero-order chi connectivity index (χ0) is 15.8. The number of alkyl halides is 3. The van der Waals surface area contributed by atoms with Crippen LogP contribution in [0.1, 0.15) is 16.8 Å². The maximum atomic E-state index is 13.0. The molecule has 2 aromatic rings. The highest BCUT2D eigenvalue weighted by Gasteiger charge is 2.33. The molecular weight excluding hydrogens is 398 g/mol. The average Bonchev–Trinajstić information content (AvgIpc) is 2.40. The molecule has 2 rings (SSSR count). The minimum atomic E-state index is -4.53.